The molecular formula is C20H24N6O3S2. The number of rotatable bonds is 5. The lowest BCUT2D eigenvalue weighted by atomic mass is 10.0. The van der Waals surface area contributed by atoms with Crippen molar-refractivity contribution < 1.29 is 13.2 Å². The van der Waals surface area contributed by atoms with Crippen molar-refractivity contribution in [2.24, 2.45) is 0 Å². The number of anilines is 1. The SMILES string of the molecule is Cc1ccc(NC(=O)c2nnc(C3CCCN(S(=O)(=O)c4c(C)n[nH]c4C)C3)s2)cc1. The number of aromatic amines is 1. The Balaban J connectivity index is 1.49. The van der Waals surface area contributed by atoms with E-state index in [4.69, 9.17) is 0 Å². The second-order valence-electron chi connectivity index (χ2n) is 7.73. The molecular weight excluding hydrogens is 436 g/mol. The van der Waals surface area contributed by atoms with Crippen LogP contribution in [0.15, 0.2) is 29.2 Å². The summed E-state index contributed by atoms with van der Waals surface area (Å²) in [6.07, 6.45) is 1.51. The summed E-state index contributed by atoms with van der Waals surface area (Å²) < 4.78 is 27.8. The van der Waals surface area contributed by atoms with E-state index in [1.54, 1.807) is 13.8 Å². The fourth-order valence-electron chi connectivity index (χ4n) is 3.72. The molecule has 1 unspecified atom stereocenters. The molecule has 0 aliphatic carbocycles. The molecule has 3 aromatic rings. The maximum Gasteiger partial charge on any atom is 0.286 e. The number of carbonyl (C=O) groups is 1. The number of aromatic nitrogens is 4. The van der Waals surface area contributed by atoms with Crippen molar-refractivity contribution in [2.75, 3.05) is 18.4 Å². The highest BCUT2D eigenvalue weighted by molar-refractivity contribution is 7.89. The first-order valence-corrected chi connectivity index (χ1v) is 12.2. The van der Waals surface area contributed by atoms with Crippen LogP contribution in [0.25, 0.3) is 0 Å². The lowest BCUT2D eigenvalue weighted by Crippen LogP contribution is -2.39. The van der Waals surface area contributed by atoms with Crippen LogP contribution in [0, 0.1) is 20.8 Å². The standard InChI is InChI=1S/C20H24N6O3S2/c1-12-6-8-16(9-7-12)21-18(27)20-25-24-19(30-20)15-5-4-10-26(11-15)31(28,29)17-13(2)22-23-14(17)3/h6-9,15H,4-5,10-11H2,1-3H3,(H,21,27)(H,22,23). The molecule has 1 amide bonds. The minimum absolute atomic E-state index is 0.102. The summed E-state index contributed by atoms with van der Waals surface area (Å²) in [6.45, 7) is 6.12. The van der Waals surface area contributed by atoms with Crippen molar-refractivity contribution in [3.63, 3.8) is 0 Å². The van der Waals surface area contributed by atoms with Gasteiger partial charge in [0.15, 0.2) is 0 Å². The number of sulfonamides is 1. The molecule has 1 aromatic carbocycles. The van der Waals surface area contributed by atoms with Crippen molar-refractivity contribution in [3.05, 3.63) is 51.2 Å². The van der Waals surface area contributed by atoms with Gasteiger partial charge < -0.3 is 5.32 Å². The second kappa shape index (κ2) is 8.48. The van der Waals surface area contributed by atoms with Crippen LogP contribution in [0.3, 0.4) is 0 Å². The summed E-state index contributed by atoms with van der Waals surface area (Å²) in [5.41, 5.74) is 2.79. The maximum absolute atomic E-state index is 13.2. The predicted molar refractivity (Wildman–Crippen MR) is 118 cm³/mol. The number of H-pyrrole nitrogens is 1. The van der Waals surface area contributed by atoms with E-state index in [-0.39, 0.29) is 21.7 Å². The van der Waals surface area contributed by atoms with E-state index in [9.17, 15) is 13.2 Å². The first kappa shape index (κ1) is 21.6. The third-order valence-corrected chi connectivity index (χ3v) is 8.55. The summed E-state index contributed by atoms with van der Waals surface area (Å²) >= 11 is 1.21. The van der Waals surface area contributed by atoms with Gasteiger partial charge in [-0.1, -0.05) is 29.0 Å². The van der Waals surface area contributed by atoms with Crippen LogP contribution in [0.1, 0.15) is 50.5 Å². The summed E-state index contributed by atoms with van der Waals surface area (Å²) in [5.74, 6) is -0.424. The molecule has 0 radical (unpaired) electrons. The molecule has 31 heavy (non-hydrogen) atoms. The number of amides is 1. The maximum atomic E-state index is 13.2. The molecule has 1 fully saturated rings. The third kappa shape index (κ3) is 4.39. The monoisotopic (exact) mass is 460 g/mol. The molecule has 2 N–H and O–H groups in total. The van der Waals surface area contributed by atoms with E-state index in [1.165, 1.54) is 15.6 Å². The normalized spacial score (nSPS) is 17.6. The van der Waals surface area contributed by atoms with Crippen LogP contribution >= 0.6 is 11.3 Å². The van der Waals surface area contributed by atoms with E-state index in [0.717, 1.165) is 12.0 Å². The van der Waals surface area contributed by atoms with Crippen LogP contribution in [0.4, 0.5) is 5.69 Å². The quantitative estimate of drug-likeness (QED) is 0.604. The van der Waals surface area contributed by atoms with Gasteiger partial charge in [-0.3, -0.25) is 9.89 Å². The van der Waals surface area contributed by atoms with Gasteiger partial charge in [-0.25, -0.2) is 8.42 Å². The highest BCUT2D eigenvalue weighted by atomic mass is 32.2. The number of carbonyl (C=O) groups excluding carboxylic acids is 1. The van der Waals surface area contributed by atoms with Crippen molar-refractivity contribution >= 4 is 33.0 Å². The van der Waals surface area contributed by atoms with Crippen LogP contribution in [0.2, 0.25) is 0 Å². The first-order chi connectivity index (χ1) is 14.8. The zero-order valence-electron chi connectivity index (χ0n) is 17.5. The Labute approximate surface area is 185 Å². The van der Waals surface area contributed by atoms with Crippen LogP contribution < -0.4 is 5.32 Å². The summed E-state index contributed by atoms with van der Waals surface area (Å²) in [4.78, 5) is 12.8. The number of aryl methyl sites for hydroxylation is 3. The van der Waals surface area contributed by atoms with Gasteiger partial charge in [0.2, 0.25) is 15.0 Å². The number of benzene rings is 1. The Bertz CT molecular complexity index is 1180. The smallest absolute Gasteiger partial charge is 0.286 e. The highest BCUT2D eigenvalue weighted by Gasteiger charge is 2.35. The van der Waals surface area contributed by atoms with Gasteiger partial charge in [0.25, 0.3) is 5.91 Å². The van der Waals surface area contributed by atoms with Crippen molar-refractivity contribution in [3.8, 4) is 0 Å². The number of hydrogen-bond donors (Lipinski definition) is 2. The number of piperidine rings is 1. The summed E-state index contributed by atoms with van der Waals surface area (Å²) in [6, 6.07) is 7.50. The largest absolute Gasteiger partial charge is 0.320 e. The van der Waals surface area contributed by atoms with Crippen molar-refractivity contribution in [1.29, 1.82) is 0 Å². The Morgan fingerprint density at radius 1 is 1.19 bits per heavy atom. The molecule has 3 heterocycles. The molecule has 1 aliphatic heterocycles. The summed E-state index contributed by atoms with van der Waals surface area (Å²) in [7, 11) is -3.66. The Kier molecular flexibility index (Phi) is 5.91. The van der Waals surface area contributed by atoms with E-state index >= 15 is 0 Å². The lowest BCUT2D eigenvalue weighted by molar-refractivity contribution is 0.102. The molecule has 0 bridgehead atoms. The van der Waals surface area contributed by atoms with E-state index in [2.05, 4.69) is 25.7 Å². The molecule has 0 spiro atoms. The molecule has 164 valence electrons. The summed E-state index contributed by atoms with van der Waals surface area (Å²) in [5, 5.41) is 18.8. The second-order valence-corrected chi connectivity index (χ2v) is 10.6. The molecule has 1 saturated heterocycles. The number of hydrogen-bond acceptors (Lipinski definition) is 7. The van der Waals surface area contributed by atoms with E-state index < -0.39 is 10.0 Å². The fraction of sp³-hybridized carbons (Fsp3) is 0.400. The number of nitrogens with zero attached hydrogens (tertiary/aromatic N) is 4. The zero-order chi connectivity index (χ0) is 22.2. The molecule has 2 aromatic heterocycles. The van der Waals surface area contributed by atoms with E-state index in [0.29, 0.717) is 41.6 Å². The van der Waals surface area contributed by atoms with Crippen LogP contribution in [0.5, 0.6) is 0 Å². The molecule has 0 saturated carbocycles. The van der Waals surface area contributed by atoms with E-state index in [1.807, 2.05) is 31.2 Å². The average Bonchev–Trinajstić information content (AvgIpc) is 3.37. The highest BCUT2D eigenvalue weighted by Crippen LogP contribution is 2.33. The number of nitrogens with one attached hydrogen (secondary N) is 2. The topological polar surface area (TPSA) is 121 Å². The van der Waals surface area contributed by atoms with Gasteiger partial charge in [0.1, 0.15) is 9.90 Å². The minimum atomic E-state index is -3.66. The zero-order valence-corrected chi connectivity index (χ0v) is 19.2. The van der Waals surface area contributed by atoms with Crippen molar-refractivity contribution in [2.45, 2.75) is 44.4 Å². The van der Waals surface area contributed by atoms with Gasteiger partial charge >= 0.3 is 0 Å². The lowest BCUT2D eigenvalue weighted by Gasteiger charge is -2.30. The van der Waals surface area contributed by atoms with Gasteiger partial charge in [-0.2, -0.15) is 9.40 Å². The van der Waals surface area contributed by atoms with Crippen LogP contribution in [-0.4, -0.2) is 52.1 Å². The minimum Gasteiger partial charge on any atom is -0.320 e. The van der Waals surface area contributed by atoms with Gasteiger partial charge in [0, 0.05) is 24.7 Å². The molecule has 1 aliphatic rings. The first-order valence-electron chi connectivity index (χ1n) is 9.99. The third-order valence-electron chi connectivity index (χ3n) is 5.34. The Morgan fingerprint density at radius 3 is 2.61 bits per heavy atom. The van der Waals surface area contributed by atoms with Crippen LogP contribution in [-0.2, 0) is 10.0 Å². The molecule has 1 atom stereocenters. The van der Waals surface area contributed by atoms with Gasteiger partial charge in [-0.15, -0.1) is 10.2 Å². The fourth-order valence-corrected chi connectivity index (χ4v) is 6.44. The van der Waals surface area contributed by atoms with Gasteiger partial charge in [-0.05, 0) is 45.7 Å². The molecule has 11 heteroatoms. The average molecular weight is 461 g/mol. The molecule has 9 nitrogen and oxygen atoms in total. The Morgan fingerprint density at radius 2 is 1.94 bits per heavy atom. The van der Waals surface area contributed by atoms with Gasteiger partial charge in [0.05, 0.1) is 11.4 Å². The van der Waals surface area contributed by atoms with Crippen molar-refractivity contribution in [1.82, 2.24) is 24.7 Å². The Hall–Kier alpha value is -2.63. The molecule has 4 rings (SSSR count). The predicted octanol–water partition coefficient (Wildman–Crippen LogP) is 3.01.